The number of benzene rings is 1. The lowest BCUT2D eigenvalue weighted by Gasteiger charge is -1.90. The van der Waals surface area contributed by atoms with Crippen LogP contribution in [0.5, 0.6) is 0 Å². The number of nitrogens with one attached hydrogen (secondary N) is 1. The van der Waals surface area contributed by atoms with Gasteiger partial charge >= 0.3 is 0 Å². The molecule has 1 aromatic carbocycles. The summed E-state index contributed by atoms with van der Waals surface area (Å²) in [6, 6.07) is 10.1. The molecule has 0 fully saturated rings. The number of H-pyrrole nitrogens is 1. The average molecular weight is 245 g/mol. The van der Waals surface area contributed by atoms with Gasteiger partial charge in [-0.2, -0.15) is 0 Å². The van der Waals surface area contributed by atoms with E-state index >= 15 is 0 Å². The molecule has 88 valence electrons. The van der Waals surface area contributed by atoms with Crippen molar-refractivity contribution < 1.29 is 0 Å². The molecule has 17 heavy (non-hydrogen) atoms. The second kappa shape index (κ2) is 6.25. The Labute approximate surface area is 105 Å². The quantitative estimate of drug-likeness (QED) is 0.820. The summed E-state index contributed by atoms with van der Waals surface area (Å²) in [6.07, 6.45) is 5.10. The normalized spacial score (nSPS) is 11.1. The Kier molecular flexibility index (Phi) is 4.38. The Morgan fingerprint density at radius 2 is 2.06 bits per heavy atom. The van der Waals surface area contributed by atoms with Crippen molar-refractivity contribution >= 4 is 23.9 Å². The minimum absolute atomic E-state index is 0.799. The molecule has 0 aliphatic rings. The number of nitrogens with zero attached hydrogens (tertiary/aromatic N) is 2. The lowest BCUT2D eigenvalue weighted by molar-refractivity contribution is 0.967. The number of rotatable bonds is 5. The van der Waals surface area contributed by atoms with Crippen LogP contribution in [0.25, 0.3) is 12.2 Å². The van der Waals surface area contributed by atoms with Gasteiger partial charge in [0.25, 0.3) is 0 Å². The zero-order valence-corrected chi connectivity index (χ0v) is 10.6. The van der Waals surface area contributed by atoms with Crippen LogP contribution in [0.3, 0.4) is 0 Å². The lowest BCUT2D eigenvalue weighted by atomic mass is 10.2. The summed E-state index contributed by atoms with van der Waals surface area (Å²) in [7, 11) is 0. The third-order valence-corrected chi connectivity index (χ3v) is 3.20. The van der Waals surface area contributed by atoms with Gasteiger partial charge in [-0.25, -0.2) is 4.98 Å². The molecule has 0 aliphatic heterocycles. The number of aromatic amines is 1. The molecule has 0 amide bonds. The van der Waals surface area contributed by atoms with E-state index in [9.17, 15) is 0 Å². The van der Waals surface area contributed by atoms with E-state index in [1.54, 1.807) is 11.8 Å². The average Bonchev–Trinajstić information content (AvgIpc) is 2.83. The third kappa shape index (κ3) is 3.75. The zero-order chi connectivity index (χ0) is 11.9. The van der Waals surface area contributed by atoms with Crippen molar-refractivity contribution in [2.24, 2.45) is 0 Å². The van der Waals surface area contributed by atoms with Crippen LogP contribution in [0, 0.1) is 0 Å². The van der Waals surface area contributed by atoms with Crippen molar-refractivity contribution in [3.8, 4) is 0 Å². The van der Waals surface area contributed by atoms with Crippen LogP contribution in [0.4, 0.5) is 0 Å². The molecule has 0 atom stereocenters. The summed E-state index contributed by atoms with van der Waals surface area (Å²) in [4.78, 5) is 4.37. The first-order chi connectivity index (χ1) is 8.38. The highest BCUT2D eigenvalue weighted by molar-refractivity contribution is 7.99. The van der Waals surface area contributed by atoms with E-state index in [2.05, 4.69) is 34.2 Å². The van der Waals surface area contributed by atoms with Crippen molar-refractivity contribution in [2.75, 3.05) is 5.75 Å². The van der Waals surface area contributed by atoms with Gasteiger partial charge in [0.2, 0.25) is 5.16 Å². The van der Waals surface area contributed by atoms with Gasteiger partial charge < -0.3 is 0 Å². The molecular weight excluding hydrogens is 230 g/mol. The molecule has 3 nitrogen and oxygen atoms in total. The van der Waals surface area contributed by atoms with Gasteiger partial charge in [0.1, 0.15) is 5.82 Å². The van der Waals surface area contributed by atoms with Crippen LogP contribution in [-0.4, -0.2) is 20.9 Å². The lowest BCUT2D eigenvalue weighted by Crippen LogP contribution is -1.78. The summed E-state index contributed by atoms with van der Waals surface area (Å²) in [5.41, 5.74) is 1.16. The van der Waals surface area contributed by atoms with Gasteiger partial charge in [0.15, 0.2) is 0 Å². The predicted octanol–water partition coefficient (Wildman–Crippen LogP) is 3.48. The summed E-state index contributed by atoms with van der Waals surface area (Å²) in [6.45, 7) is 2.15. The molecule has 0 saturated heterocycles. The van der Waals surface area contributed by atoms with E-state index in [1.165, 1.54) is 0 Å². The van der Waals surface area contributed by atoms with Gasteiger partial charge in [-0.3, -0.25) is 5.10 Å². The summed E-state index contributed by atoms with van der Waals surface area (Å²) < 4.78 is 0. The van der Waals surface area contributed by atoms with E-state index in [4.69, 9.17) is 0 Å². The maximum absolute atomic E-state index is 4.37. The Morgan fingerprint density at radius 3 is 2.82 bits per heavy atom. The second-order valence-electron chi connectivity index (χ2n) is 3.60. The van der Waals surface area contributed by atoms with Gasteiger partial charge in [-0.1, -0.05) is 55.1 Å². The molecule has 0 spiro atoms. The van der Waals surface area contributed by atoms with Gasteiger partial charge in [0.05, 0.1) is 0 Å². The molecule has 0 saturated carbocycles. The van der Waals surface area contributed by atoms with Crippen molar-refractivity contribution in [1.29, 1.82) is 0 Å². The van der Waals surface area contributed by atoms with Gasteiger partial charge in [-0.05, 0) is 18.1 Å². The molecule has 0 aliphatic carbocycles. The minimum Gasteiger partial charge on any atom is -0.259 e. The number of hydrogen-bond donors (Lipinski definition) is 1. The molecule has 4 heteroatoms. The largest absolute Gasteiger partial charge is 0.259 e. The van der Waals surface area contributed by atoms with E-state index < -0.39 is 0 Å². The molecular formula is C13H15N3S. The van der Waals surface area contributed by atoms with Crippen molar-refractivity contribution in [2.45, 2.75) is 18.5 Å². The van der Waals surface area contributed by atoms with Crippen LogP contribution in [-0.2, 0) is 0 Å². The Bertz CT molecular complexity index is 476. The SMILES string of the molecule is CCCSc1n[nH]c(/C=C/c2ccccc2)n1. The molecule has 1 heterocycles. The summed E-state index contributed by atoms with van der Waals surface area (Å²) >= 11 is 1.68. The smallest absolute Gasteiger partial charge is 0.208 e. The monoisotopic (exact) mass is 245 g/mol. The standard InChI is InChI=1S/C13H15N3S/c1-2-10-17-13-14-12(15-16-13)9-8-11-6-4-3-5-7-11/h3-9H,2,10H2,1H3,(H,14,15,16)/b9-8+. The first-order valence-electron chi connectivity index (χ1n) is 5.67. The van der Waals surface area contributed by atoms with Crippen molar-refractivity contribution in [3.63, 3.8) is 0 Å². The molecule has 2 aromatic rings. The second-order valence-corrected chi connectivity index (χ2v) is 4.66. The topological polar surface area (TPSA) is 41.6 Å². The molecule has 0 radical (unpaired) electrons. The molecule has 0 unspecified atom stereocenters. The molecule has 2 rings (SSSR count). The number of aromatic nitrogens is 3. The van der Waals surface area contributed by atoms with Crippen molar-refractivity contribution in [3.05, 3.63) is 41.7 Å². The molecule has 1 aromatic heterocycles. The summed E-state index contributed by atoms with van der Waals surface area (Å²) in [5.74, 6) is 1.85. The Balaban J connectivity index is 1.99. The van der Waals surface area contributed by atoms with Crippen molar-refractivity contribution in [1.82, 2.24) is 15.2 Å². The van der Waals surface area contributed by atoms with Gasteiger partial charge in [0, 0.05) is 5.75 Å². The van der Waals surface area contributed by atoms with E-state index in [1.807, 2.05) is 30.4 Å². The van der Waals surface area contributed by atoms with Crippen LogP contribution >= 0.6 is 11.8 Å². The van der Waals surface area contributed by atoms with E-state index in [0.717, 1.165) is 28.7 Å². The Morgan fingerprint density at radius 1 is 1.24 bits per heavy atom. The number of hydrogen-bond acceptors (Lipinski definition) is 3. The van der Waals surface area contributed by atoms with Crippen LogP contribution in [0.1, 0.15) is 24.7 Å². The van der Waals surface area contributed by atoms with Crippen LogP contribution < -0.4 is 0 Å². The summed E-state index contributed by atoms with van der Waals surface area (Å²) in [5, 5.41) is 7.88. The minimum atomic E-state index is 0.799. The number of thioether (sulfide) groups is 1. The fourth-order valence-electron chi connectivity index (χ4n) is 1.33. The predicted molar refractivity (Wildman–Crippen MR) is 72.8 cm³/mol. The fourth-order valence-corrected chi connectivity index (χ4v) is 1.99. The third-order valence-electron chi connectivity index (χ3n) is 2.15. The Hall–Kier alpha value is -1.55. The maximum Gasteiger partial charge on any atom is 0.208 e. The fraction of sp³-hybridized carbons (Fsp3) is 0.231. The molecule has 0 bridgehead atoms. The highest BCUT2D eigenvalue weighted by Crippen LogP contribution is 2.13. The van der Waals surface area contributed by atoms with Gasteiger partial charge in [-0.15, -0.1) is 5.10 Å². The van der Waals surface area contributed by atoms with E-state index in [0.29, 0.717) is 0 Å². The van der Waals surface area contributed by atoms with Crippen LogP contribution in [0.2, 0.25) is 0 Å². The highest BCUT2D eigenvalue weighted by atomic mass is 32.2. The first-order valence-corrected chi connectivity index (χ1v) is 6.65. The van der Waals surface area contributed by atoms with E-state index in [-0.39, 0.29) is 0 Å². The maximum atomic E-state index is 4.37. The van der Waals surface area contributed by atoms with Crippen LogP contribution in [0.15, 0.2) is 35.5 Å². The molecule has 1 N–H and O–H groups in total. The highest BCUT2D eigenvalue weighted by Gasteiger charge is 1.99. The first kappa shape index (κ1) is 11.9. The zero-order valence-electron chi connectivity index (χ0n) is 9.76.